The number of benzene rings is 1. The number of hydrogen-bond donors (Lipinski definition) is 3. The molecule has 0 spiro atoms. The Morgan fingerprint density at radius 2 is 1.95 bits per heavy atom. The predicted molar refractivity (Wildman–Crippen MR) is 83.2 cm³/mol. The number of carbonyl (C=O) groups excluding carboxylic acids is 1. The van der Waals surface area contributed by atoms with E-state index in [1.807, 2.05) is 24.3 Å². The van der Waals surface area contributed by atoms with Crippen LogP contribution in [0.4, 0.5) is 16.3 Å². The van der Waals surface area contributed by atoms with Crippen molar-refractivity contribution in [2.24, 2.45) is 0 Å². The van der Waals surface area contributed by atoms with Gasteiger partial charge in [0.2, 0.25) is 0 Å². The number of urea groups is 1. The molecule has 6 heteroatoms. The predicted octanol–water partition coefficient (Wildman–Crippen LogP) is 2.79. The maximum Gasteiger partial charge on any atom is 0.324 e. The molecule has 2 rings (SSSR count). The second-order valence-electron chi connectivity index (χ2n) is 4.57. The molecule has 0 saturated heterocycles. The molecule has 0 bridgehead atoms. The van der Waals surface area contributed by atoms with E-state index in [-0.39, 0.29) is 12.1 Å². The average Bonchev–Trinajstić information content (AvgIpc) is 2.49. The minimum atomic E-state index is -0.344. The molecule has 0 radical (unpaired) electrons. The summed E-state index contributed by atoms with van der Waals surface area (Å²) in [5, 5.41) is 8.70. The van der Waals surface area contributed by atoms with E-state index in [2.05, 4.69) is 39.8 Å². The van der Waals surface area contributed by atoms with Crippen LogP contribution >= 0.6 is 0 Å². The lowest BCUT2D eigenvalue weighted by Gasteiger charge is -2.13. The van der Waals surface area contributed by atoms with E-state index < -0.39 is 0 Å². The SMILES string of the molecule is CCNC(C)c1ccc(NC(=O)Nc2cnccn2)cc1. The Labute approximate surface area is 124 Å². The maximum atomic E-state index is 11.8. The lowest BCUT2D eigenvalue weighted by Crippen LogP contribution is -2.20. The fraction of sp³-hybridized carbons (Fsp3) is 0.267. The van der Waals surface area contributed by atoms with Crippen molar-refractivity contribution in [3.63, 3.8) is 0 Å². The summed E-state index contributed by atoms with van der Waals surface area (Å²) in [5.74, 6) is 0.410. The highest BCUT2D eigenvalue weighted by atomic mass is 16.2. The van der Waals surface area contributed by atoms with E-state index in [9.17, 15) is 4.79 Å². The highest BCUT2D eigenvalue weighted by Gasteiger charge is 2.06. The molecular weight excluding hydrogens is 266 g/mol. The fourth-order valence-electron chi connectivity index (χ4n) is 1.92. The normalized spacial score (nSPS) is 11.7. The van der Waals surface area contributed by atoms with Crippen LogP contribution in [0.25, 0.3) is 0 Å². The molecular formula is C15H19N5O. The van der Waals surface area contributed by atoms with Crippen LogP contribution in [0.15, 0.2) is 42.9 Å². The van der Waals surface area contributed by atoms with Crippen molar-refractivity contribution in [2.75, 3.05) is 17.2 Å². The van der Waals surface area contributed by atoms with Crippen molar-refractivity contribution in [3.8, 4) is 0 Å². The molecule has 0 fully saturated rings. The van der Waals surface area contributed by atoms with Gasteiger partial charge in [-0.25, -0.2) is 9.78 Å². The summed E-state index contributed by atoms with van der Waals surface area (Å²) in [6, 6.07) is 7.68. The van der Waals surface area contributed by atoms with Gasteiger partial charge in [0.1, 0.15) is 0 Å². The van der Waals surface area contributed by atoms with Gasteiger partial charge in [-0.1, -0.05) is 19.1 Å². The van der Waals surface area contributed by atoms with Crippen LogP contribution in [0.5, 0.6) is 0 Å². The average molecular weight is 285 g/mol. The van der Waals surface area contributed by atoms with Crippen LogP contribution < -0.4 is 16.0 Å². The molecule has 1 unspecified atom stereocenters. The summed E-state index contributed by atoms with van der Waals surface area (Å²) >= 11 is 0. The molecule has 1 aromatic heterocycles. The third-order valence-electron chi connectivity index (χ3n) is 2.98. The molecule has 0 aliphatic rings. The first-order chi connectivity index (χ1) is 10.2. The van der Waals surface area contributed by atoms with Crippen molar-refractivity contribution in [1.82, 2.24) is 15.3 Å². The van der Waals surface area contributed by atoms with Crippen LogP contribution in [-0.2, 0) is 0 Å². The molecule has 0 saturated carbocycles. The van der Waals surface area contributed by atoms with E-state index in [0.29, 0.717) is 5.82 Å². The van der Waals surface area contributed by atoms with Gasteiger partial charge in [-0.3, -0.25) is 10.3 Å². The van der Waals surface area contributed by atoms with Crippen LogP contribution in [0.1, 0.15) is 25.5 Å². The lowest BCUT2D eigenvalue weighted by molar-refractivity contribution is 0.262. The lowest BCUT2D eigenvalue weighted by atomic mass is 10.1. The molecule has 6 nitrogen and oxygen atoms in total. The number of hydrogen-bond acceptors (Lipinski definition) is 4. The number of carbonyl (C=O) groups is 1. The molecule has 0 aliphatic heterocycles. The highest BCUT2D eigenvalue weighted by molar-refractivity contribution is 5.99. The molecule has 2 amide bonds. The molecule has 2 aromatic rings. The topological polar surface area (TPSA) is 78.9 Å². The number of amides is 2. The molecule has 1 atom stereocenters. The summed E-state index contributed by atoms with van der Waals surface area (Å²) in [5.41, 5.74) is 1.90. The largest absolute Gasteiger partial charge is 0.324 e. The molecule has 21 heavy (non-hydrogen) atoms. The summed E-state index contributed by atoms with van der Waals surface area (Å²) < 4.78 is 0. The molecule has 1 heterocycles. The van der Waals surface area contributed by atoms with Gasteiger partial charge in [0, 0.05) is 24.1 Å². The number of nitrogens with one attached hydrogen (secondary N) is 3. The zero-order valence-corrected chi connectivity index (χ0v) is 12.1. The molecule has 3 N–H and O–H groups in total. The highest BCUT2D eigenvalue weighted by Crippen LogP contribution is 2.16. The molecule has 0 aliphatic carbocycles. The zero-order valence-electron chi connectivity index (χ0n) is 12.1. The van der Waals surface area contributed by atoms with E-state index in [1.165, 1.54) is 18.0 Å². The third kappa shape index (κ3) is 4.54. The molecule has 110 valence electrons. The first-order valence-electron chi connectivity index (χ1n) is 6.86. The van der Waals surface area contributed by atoms with Crippen LogP contribution in [-0.4, -0.2) is 22.5 Å². The smallest absolute Gasteiger partial charge is 0.310 e. The number of rotatable bonds is 5. The summed E-state index contributed by atoms with van der Waals surface area (Å²) in [7, 11) is 0. The second-order valence-corrected chi connectivity index (χ2v) is 4.57. The van der Waals surface area contributed by atoms with Crippen molar-refractivity contribution in [2.45, 2.75) is 19.9 Å². The van der Waals surface area contributed by atoms with Crippen molar-refractivity contribution >= 4 is 17.5 Å². The first kappa shape index (κ1) is 14.9. The van der Waals surface area contributed by atoms with E-state index >= 15 is 0 Å². The Morgan fingerprint density at radius 1 is 1.19 bits per heavy atom. The van der Waals surface area contributed by atoms with Crippen molar-refractivity contribution in [1.29, 1.82) is 0 Å². The van der Waals surface area contributed by atoms with Gasteiger partial charge in [-0.15, -0.1) is 0 Å². The third-order valence-corrected chi connectivity index (χ3v) is 2.98. The van der Waals surface area contributed by atoms with Gasteiger partial charge < -0.3 is 10.6 Å². The van der Waals surface area contributed by atoms with Gasteiger partial charge in [0.05, 0.1) is 6.20 Å². The van der Waals surface area contributed by atoms with E-state index in [1.54, 1.807) is 6.20 Å². The maximum absolute atomic E-state index is 11.8. The van der Waals surface area contributed by atoms with Crippen LogP contribution in [0.3, 0.4) is 0 Å². The van der Waals surface area contributed by atoms with E-state index in [4.69, 9.17) is 0 Å². The number of aromatic nitrogens is 2. The van der Waals surface area contributed by atoms with Crippen molar-refractivity contribution in [3.05, 3.63) is 48.4 Å². The Bertz CT molecular complexity index is 570. The Morgan fingerprint density at radius 3 is 2.57 bits per heavy atom. The Hall–Kier alpha value is -2.47. The van der Waals surface area contributed by atoms with Crippen LogP contribution in [0, 0.1) is 0 Å². The Balaban J connectivity index is 1.92. The van der Waals surface area contributed by atoms with Gasteiger partial charge >= 0.3 is 6.03 Å². The summed E-state index contributed by atoms with van der Waals surface area (Å²) in [6.07, 6.45) is 4.56. The summed E-state index contributed by atoms with van der Waals surface area (Å²) in [6.45, 7) is 5.09. The summed E-state index contributed by atoms with van der Waals surface area (Å²) in [4.78, 5) is 19.7. The number of anilines is 2. The quantitative estimate of drug-likeness (QED) is 0.789. The molecule has 1 aromatic carbocycles. The zero-order chi connectivity index (χ0) is 15.1. The fourth-order valence-corrected chi connectivity index (χ4v) is 1.92. The van der Waals surface area contributed by atoms with Gasteiger partial charge in [-0.05, 0) is 31.2 Å². The second kappa shape index (κ2) is 7.35. The van der Waals surface area contributed by atoms with Crippen LogP contribution in [0.2, 0.25) is 0 Å². The Kier molecular flexibility index (Phi) is 5.22. The standard InChI is InChI=1S/C15H19N5O/c1-3-17-11(2)12-4-6-13(7-5-12)19-15(21)20-14-10-16-8-9-18-14/h4-11,17H,3H2,1-2H3,(H2,18,19,20,21). The number of nitrogens with zero attached hydrogens (tertiary/aromatic N) is 2. The monoisotopic (exact) mass is 285 g/mol. The van der Waals surface area contributed by atoms with Gasteiger partial charge in [0.25, 0.3) is 0 Å². The first-order valence-corrected chi connectivity index (χ1v) is 6.86. The minimum absolute atomic E-state index is 0.289. The van der Waals surface area contributed by atoms with Gasteiger partial charge in [0.15, 0.2) is 5.82 Å². The van der Waals surface area contributed by atoms with E-state index in [0.717, 1.165) is 12.2 Å². The van der Waals surface area contributed by atoms with Crippen molar-refractivity contribution < 1.29 is 4.79 Å². The van der Waals surface area contributed by atoms with Gasteiger partial charge in [-0.2, -0.15) is 0 Å². The minimum Gasteiger partial charge on any atom is -0.310 e.